The summed E-state index contributed by atoms with van der Waals surface area (Å²) < 4.78 is 35.3. The van der Waals surface area contributed by atoms with Gasteiger partial charge in [0, 0.05) is 7.92 Å². The Balaban J connectivity index is 0.000000531. The van der Waals surface area contributed by atoms with Crippen LogP contribution in [0.1, 0.15) is 228 Å². The molecule has 0 radical (unpaired) electrons. The van der Waals surface area contributed by atoms with Gasteiger partial charge in [0.25, 0.3) is 0 Å². The predicted molar refractivity (Wildman–Crippen MR) is 379 cm³/mol. The van der Waals surface area contributed by atoms with Crippen LogP contribution in [0.15, 0.2) is 121 Å². The molecule has 9 rings (SSSR count). The van der Waals surface area contributed by atoms with Gasteiger partial charge in [-0.15, -0.1) is 0 Å². The van der Waals surface area contributed by atoms with Crippen molar-refractivity contribution in [3.05, 3.63) is 170 Å². The fourth-order valence-electron chi connectivity index (χ4n) is 10.9. The maximum atomic E-state index is 6.19. The first-order valence-electron chi connectivity index (χ1n) is 29.8. The Bertz CT molecular complexity index is 2320. The van der Waals surface area contributed by atoms with E-state index in [1.165, 1.54) is 61.5 Å². The molecule has 0 atom stereocenters. The Hall–Kier alpha value is -0.443. The van der Waals surface area contributed by atoms with E-state index in [1.807, 2.05) is 132 Å². The Labute approximate surface area is 550 Å². The van der Waals surface area contributed by atoms with Crippen LogP contribution in [0.2, 0.25) is 0 Å². The van der Waals surface area contributed by atoms with Gasteiger partial charge >= 0.3 is 257 Å². The van der Waals surface area contributed by atoms with E-state index < -0.39 is 44.2 Å². The molecule has 6 nitrogen and oxygen atoms in total. The van der Waals surface area contributed by atoms with Gasteiger partial charge < -0.3 is 28.4 Å². The van der Waals surface area contributed by atoms with Crippen molar-refractivity contribution in [2.24, 2.45) is 0 Å². The number of hydrogen-bond donors (Lipinski definition) is 0. The van der Waals surface area contributed by atoms with E-state index >= 15 is 0 Å². The van der Waals surface area contributed by atoms with Crippen LogP contribution in [-0.2, 0) is 54.2 Å². The summed E-state index contributed by atoms with van der Waals surface area (Å²) in [7, 11) is 22.0. The number of allylic oxidation sites excluding steroid dienone is 2. The van der Waals surface area contributed by atoms with Gasteiger partial charge in [0.1, 0.15) is 18.3 Å². The third-order valence-electron chi connectivity index (χ3n) is 14.0. The zero-order valence-corrected chi connectivity index (χ0v) is 61.9. The molecular formula is C70H111Cl4O6P3Ru2. The van der Waals surface area contributed by atoms with Crippen molar-refractivity contribution in [1.29, 1.82) is 0 Å². The maximum absolute atomic E-state index is 6.19. The molecule has 15 heteroatoms. The van der Waals surface area contributed by atoms with Crippen molar-refractivity contribution < 1.29 is 54.2 Å². The molecule has 0 saturated heterocycles. The van der Waals surface area contributed by atoms with Gasteiger partial charge in [0.15, 0.2) is 0 Å². The van der Waals surface area contributed by atoms with Gasteiger partial charge in [-0.25, -0.2) is 0 Å². The van der Waals surface area contributed by atoms with E-state index in [4.69, 9.17) is 65.9 Å². The SMILES string of the molecule is C.C.C1CCC([PH+](C2CCCCC2)C2CCCCC2)CC1.CC(C)OP(OC(C)C)OC(C)C.CC(C)O[PH+](OC(C)C)OC(C)C.[CH3-].[CH3-].[Cl][Ru]([Cl])=[C]1C=C(c2ccccc2)c2ccccc21.[Cl][Ru]([Cl])=[C]1C=C(c2ccccc2)c2ccccc21. The molecular weight excluding hydrogens is 1370 g/mol. The van der Waals surface area contributed by atoms with Crippen molar-refractivity contribution in [3.8, 4) is 0 Å². The van der Waals surface area contributed by atoms with Gasteiger partial charge in [-0.1, -0.05) is 34.1 Å². The second-order valence-corrected chi connectivity index (χ2v) is 40.3. The van der Waals surface area contributed by atoms with Gasteiger partial charge in [0.05, 0.1) is 35.3 Å². The Morgan fingerprint density at radius 1 is 0.376 bits per heavy atom. The Morgan fingerprint density at radius 3 is 0.882 bits per heavy atom. The first-order valence-corrected chi connectivity index (χ1v) is 44.6. The molecule has 0 amide bonds. The van der Waals surface area contributed by atoms with E-state index in [0.29, 0.717) is 0 Å². The van der Waals surface area contributed by atoms with E-state index in [9.17, 15) is 0 Å². The van der Waals surface area contributed by atoms with Crippen LogP contribution in [0.3, 0.4) is 0 Å². The Morgan fingerprint density at radius 2 is 0.635 bits per heavy atom. The second kappa shape index (κ2) is 45.0. The zero-order valence-electron chi connectivity index (χ0n) is 52.5. The minimum absolute atomic E-state index is 0. The van der Waals surface area contributed by atoms with Gasteiger partial charge in [-0.3, -0.25) is 0 Å². The fourth-order valence-corrected chi connectivity index (χ4v) is 23.6. The van der Waals surface area contributed by atoms with Crippen LogP contribution >= 0.6 is 63.9 Å². The molecule has 0 bridgehead atoms. The minimum atomic E-state index is -1.88. The third-order valence-corrected chi connectivity index (χ3v) is 28.6. The molecule has 0 aromatic heterocycles. The second-order valence-electron chi connectivity index (χ2n) is 22.9. The van der Waals surface area contributed by atoms with Gasteiger partial charge in [-0.05, 0) is 160 Å². The molecule has 0 unspecified atom stereocenters. The summed E-state index contributed by atoms with van der Waals surface area (Å²) in [6.07, 6.45) is 29.0. The van der Waals surface area contributed by atoms with E-state index in [-0.39, 0.29) is 74.3 Å². The molecule has 0 heterocycles. The molecule has 0 spiro atoms. The normalized spacial score (nSPS) is 16.3. The van der Waals surface area contributed by atoms with Crippen molar-refractivity contribution in [2.45, 2.75) is 248 Å². The number of fused-ring (bicyclic) bond motifs is 2. The molecule has 0 N–H and O–H groups in total. The molecule has 4 aromatic rings. The van der Waals surface area contributed by atoms with E-state index in [0.717, 1.165) is 8.21 Å². The fraction of sp³-hybridized carbons (Fsp3) is 0.543. The molecule has 5 aliphatic rings. The number of rotatable bonds is 17. The van der Waals surface area contributed by atoms with Crippen molar-refractivity contribution in [2.75, 3.05) is 0 Å². The molecule has 3 fully saturated rings. The summed E-state index contributed by atoms with van der Waals surface area (Å²) in [5.74, 6) is 0. The summed E-state index contributed by atoms with van der Waals surface area (Å²) >= 11 is -3.76. The average Bonchev–Trinajstić information content (AvgIpc) is 3.22. The van der Waals surface area contributed by atoms with E-state index in [1.54, 1.807) is 96.3 Å². The van der Waals surface area contributed by atoms with Crippen molar-refractivity contribution >= 4 is 83.2 Å². The predicted octanol–water partition coefficient (Wildman–Crippen LogP) is 24.2. The first kappa shape index (κ1) is 82.6. The third kappa shape index (κ3) is 29.4. The quantitative estimate of drug-likeness (QED) is 0.0597. The van der Waals surface area contributed by atoms with Crippen LogP contribution in [-0.4, -0.2) is 61.8 Å². The van der Waals surface area contributed by atoms with Gasteiger partial charge in [0.2, 0.25) is 0 Å². The van der Waals surface area contributed by atoms with Crippen LogP contribution < -0.4 is 0 Å². The summed E-state index contributed by atoms with van der Waals surface area (Å²) in [5.41, 5.74) is 13.4. The standard InChI is InChI=1S/C18H33P.2C15H10.C9H22O3P.C9H21O3P.2CH4.2CH3.4ClH.2Ru/c1-4-10-16(11-5-1)19(17-12-6-2-7-13-17)18-14-8-3-9-15-18;2*1-2-6-12(7-3-1)15-11-10-13-8-4-5-9-14(13)15;2*1-7(2)10-13(11-8(3)4)12-9(5)6;;;;;;;;;;/h16-18H,1-15H2;2*1-9,11H;7-9,13H,1-6H3;7-9H,1-6H3;2*1H4;2*1H3;4*1H;;/q;;;+1;;;;2*-1;;;;;2*+2/p-3. The van der Waals surface area contributed by atoms with Crippen molar-refractivity contribution in [3.63, 3.8) is 0 Å². The van der Waals surface area contributed by atoms with E-state index in [2.05, 4.69) is 72.8 Å². The summed E-state index contributed by atoms with van der Waals surface area (Å²) in [5, 5.41) is 0. The van der Waals surface area contributed by atoms with Gasteiger partial charge in [-0.2, -0.15) is 13.6 Å². The molecule has 486 valence electrons. The molecule has 4 aromatic carbocycles. The number of hydrogen-bond acceptors (Lipinski definition) is 6. The average molecular weight is 1490 g/mol. The molecule has 3 saturated carbocycles. The summed E-state index contributed by atoms with van der Waals surface area (Å²) in [6, 6.07) is 37.3. The number of halogens is 4. The number of benzene rings is 4. The first-order chi connectivity index (χ1) is 38.8. The van der Waals surface area contributed by atoms with Crippen molar-refractivity contribution in [1.82, 2.24) is 0 Å². The Kier molecular flexibility index (Phi) is 43.7. The van der Waals surface area contributed by atoms with Crippen LogP contribution in [0.5, 0.6) is 0 Å². The zero-order chi connectivity index (χ0) is 58.8. The molecule has 5 aliphatic carbocycles. The van der Waals surface area contributed by atoms with Crippen LogP contribution in [0.4, 0.5) is 0 Å². The monoisotopic (exact) mass is 1480 g/mol. The molecule has 0 aliphatic heterocycles. The summed E-state index contributed by atoms with van der Waals surface area (Å²) in [6.45, 7) is 23.8. The van der Waals surface area contributed by atoms with Crippen LogP contribution in [0.25, 0.3) is 11.1 Å². The van der Waals surface area contributed by atoms with Crippen LogP contribution in [0, 0.1) is 14.9 Å². The molecule has 85 heavy (non-hydrogen) atoms. The summed E-state index contributed by atoms with van der Waals surface area (Å²) in [4.78, 5) is 0. The topological polar surface area (TPSA) is 55.4 Å².